The molecule has 158 valence electrons. The summed E-state index contributed by atoms with van der Waals surface area (Å²) in [5.74, 6) is 2.13. The third kappa shape index (κ3) is 5.17. The van der Waals surface area contributed by atoms with Crippen LogP contribution in [0.1, 0.15) is 50.7 Å². The number of hydrogen-bond donors (Lipinski definition) is 1. The molecule has 1 heterocycles. The molecule has 1 N–H and O–H groups in total. The molecular weight excluding hydrogens is 396 g/mol. The Labute approximate surface area is 182 Å². The summed E-state index contributed by atoms with van der Waals surface area (Å²) in [5, 5.41) is 7.38. The number of benzene rings is 1. The van der Waals surface area contributed by atoms with Gasteiger partial charge < -0.3 is 14.9 Å². The highest BCUT2D eigenvalue weighted by atomic mass is 32.2. The Morgan fingerprint density at radius 3 is 2.83 bits per heavy atom. The van der Waals surface area contributed by atoms with Gasteiger partial charge >= 0.3 is 0 Å². The second kappa shape index (κ2) is 9.56. The summed E-state index contributed by atoms with van der Waals surface area (Å²) in [6, 6.07) is 8.27. The van der Waals surface area contributed by atoms with Crippen molar-refractivity contribution in [1.29, 1.82) is 0 Å². The normalized spacial score (nSPS) is 19.6. The molecular formula is C24H28N2O3S. The maximum Gasteiger partial charge on any atom is 0.265 e. The molecule has 0 bridgehead atoms. The van der Waals surface area contributed by atoms with E-state index in [9.17, 15) is 4.79 Å². The summed E-state index contributed by atoms with van der Waals surface area (Å²) in [6.45, 7) is 5.20. The van der Waals surface area contributed by atoms with Gasteiger partial charge in [0.2, 0.25) is 0 Å². The minimum atomic E-state index is -0.0765. The van der Waals surface area contributed by atoms with Crippen LogP contribution in [0.2, 0.25) is 0 Å². The Morgan fingerprint density at radius 2 is 2.10 bits per heavy atom. The van der Waals surface area contributed by atoms with Crippen molar-refractivity contribution in [2.45, 2.75) is 39.5 Å². The van der Waals surface area contributed by atoms with E-state index in [0.717, 1.165) is 53.3 Å². The lowest BCUT2D eigenvalue weighted by Gasteiger charge is -2.21. The molecule has 1 aromatic carbocycles. The predicted molar refractivity (Wildman–Crippen MR) is 122 cm³/mol. The zero-order valence-corrected chi connectivity index (χ0v) is 18.4. The van der Waals surface area contributed by atoms with Gasteiger partial charge in [-0.15, -0.1) is 11.8 Å². The lowest BCUT2D eigenvalue weighted by molar-refractivity contribution is -0.116. The van der Waals surface area contributed by atoms with E-state index in [1.807, 2.05) is 13.8 Å². The van der Waals surface area contributed by atoms with Gasteiger partial charge in [-0.2, -0.15) is 0 Å². The van der Waals surface area contributed by atoms with E-state index in [4.69, 9.17) is 9.57 Å². The molecule has 0 aromatic heterocycles. The molecule has 0 atom stereocenters. The molecule has 2 aliphatic carbocycles. The van der Waals surface area contributed by atoms with Crippen LogP contribution in [-0.2, 0) is 14.4 Å². The molecule has 4 rings (SSSR count). The van der Waals surface area contributed by atoms with Gasteiger partial charge in [-0.25, -0.2) is 0 Å². The fourth-order valence-corrected chi connectivity index (χ4v) is 4.27. The third-order valence-electron chi connectivity index (χ3n) is 5.43. The Hall–Kier alpha value is -2.47. The summed E-state index contributed by atoms with van der Waals surface area (Å²) in [5.41, 5.74) is 5.01. The number of oxime groups is 1. The van der Waals surface area contributed by atoms with Gasteiger partial charge in [0, 0.05) is 17.0 Å². The van der Waals surface area contributed by atoms with E-state index in [0.29, 0.717) is 23.2 Å². The number of nitrogens with zero attached hydrogens (tertiary/aromatic N) is 1. The van der Waals surface area contributed by atoms with Crippen molar-refractivity contribution in [1.82, 2.24) is 5.32 Å². The number of hydrogen-bond acceptors (Lipinski definition) is 5. The van der Waals surface area contributed by atoms with Crippen molar-refractivity contribution in [2.75, 3.05) is 19.0 Å². The van der Waals surface area contributed by atoms with Crippen LogP contribution in [0.3, 0.4) is 0 Å². The quantitative estimate of drug-likeness (QED) is 0.494. The SMILES string of the molecule is CC1=C(C(=O)NC2=C(c3ccc(/C(C)=N\OCC4CC4)cc3)C=CCC2)SCCO1. The van der Waals surface area contributed by atoms with Gasteiger partial charge in [0.05, 0.1) is 12.3 Å². The van der Waals surface area contributed by atoms with Crippen LogP contribution in [0.5, 0.6) is 0 Å². The van der Waals surface area contributed by atoms with Crippen molar-refractivity contribution in [3.63, 3.8) is 0 Å². The minimum absolute atomic E-state index is 0.0765. The maximum atomic E-state index is 12.8. The number of carbonyl (C=O) groups is 1. The highest BCUT2D eigenvalue weighted by molar-refractivity contribution is 8.04. The van der Waals surface area contributed by atoms with E-state index >= 15 is 0 Å². The minimum Gasteiger partial charge on any atom is -0.496 e. The standard InChI is InChI=1S/C24H28N2O3S/c1-16(26-29-15-18-7-8-18)19-9-11-20(12-10-19)21-5-3-4-6-22(21)25-24(27)23-17(2)28-13-14-30-23/h3,5,9-12,18H,4,6-8,13-15H2,1-2H3,(H,25,27)/b26-16-. The number of rotatable bonds is 7. The van der Waals surface area contributed by atoms with E-state index in [-0.39, 0.29) is 5.91 Å². The number of ether oxygens (including phenoxy) is 1. The largest absolute Gasteiger partial charge is 0.496 e. The van der Waals surface area contributed by atoms with Gasteiger partial charge in [-0.1, -0.05) is 41.6 Å². The van der Waals surface area contributed by atoms with Crippen LogP contribution < -0.4 is 5.32 Å². The summed E-state index contributed by atoms with van der Waals surface area (Å²) in [6.07, 6.45) is 8.50. The van der Waals surface area contributed by atoms with Crippen molar-refractivity contribution < 1.29 is 14.4 Å². The molecule has 5 nitrogen and oxygen atoms in total. The first-order chi connectivity index (χ1) is 14.6. The number of nitrogens with one attached hydrogen (secondary N) is 1. The average molecular weight is 425 g/mol. The van der Waals surface area contributed by atoms with Crippen LogP contribution in [0.4, 0.5) is 0 Å². The number of carbonyl (C=O) groups excluding carboxylic acids is 1. The molecule has 0 spiro atoms. The monoisotopic (exact) mass is 424 g/mol. The maximum absolute atomic E-state index is 12.8. The fourth-order valence-electron chi connectivity index (χ4n) is 3.46. The first-order valence-electron chi connectivity index (χ1n) is 10.6. The Balaban J connectivity index is 1.49. The van der Waals surface area contributed by atoms with Crippen molar-refractivity contribution in [3.8, 4) is 0 Å². The first-order valence-corrected chi connectivity index (χ1v) is 11.6. The summed E-state index contributed by atoms with van der Waals surface area (Å²) in [7, 11) is 0. The molecule has 1 aromatic rings. The van der Waals surface area contributed by atoms with Gasteiger partial charge in [-0.3, -0.25) is 4.79 Å². The van der Waals surface area contributed by atoms with E-state index in [2.05, 4.69) is 46.9 Å². The summed E-state index contributed by atoms with van der Waals surface area (Å²) in [4.78, 5) is 18.9. The van der Waals surface area contributed by atoms with Crippen LogP contribution in [0.25, 0.3) is 5.57 Å². The van der Waals surface area contributed by atoms with E-state index in [1.165, 1.54) is 12.8 Å². The molecule has 1 amide bonds. The molecule has 0 unspecified atom stereocenters. The molecule has 0 radical (unpaired) electrons. The van der Waals surface area contributed by atoms with Crippen LogP contribution in [0, 0.1) is 5.92 Å². The van der Waals surface area contributed by atoms with Gasteiger partial charge in [0.1, 0.15) is 17.3 Å². The molecule has 6 heteroatoms. The number of allylic oxidation sites excluding steroid dienone is 5. The zero-order chi connectivity index (χ0) is 20.9. The van der Waals surface area contributed by atoms with Gasteiger partial charge in [0.15, 0.2) is 0 Å². The van der Waals surface area contributed by atoms with Crippen molar-refractivity contribution >= 4 is 29.0 Å². The van der Waals surface area contributed by atoms with Crippen LogP contribution in [0.15, 0.2) is 57.9 Å². The van der Waals surface area contributed by atoms with Gasteiger partial charge in [-0.05, 0) is 56.6 Å². The zero-order valence-electron chi connectivity index (χ0n) is 17.6. The van der Waals surface area contributed by atoms with E-state index < -0.39 is 0 Å². The lowest BCUT2D eigenvalue weighted by atomic mass is 9.95. The average Bonchev–Trinajstić information content (AvgIpc) is 3.59. The Kier molecular flexibility index (Phi) is 6.62. The van der Waals surface area contributed by atoms with Crippen molar-refractivity contribution in [3.05, 3.63) is 63.9 Å². The Morgan fingerprint density at radius 1 is 1.30 bits per heavy atom. The van der Waals surface area contributed by atoms with Crippen LogP contribution in [-0.4, -0.2) is 30.6 Å². The third-order valence-corrected chi connectivity index (χ3v) is 6.56. The summed E-state index contributed by atoms with van der Waals surface area (Å²) >= 11 is 1.56. The highest BCUT2D eigenvalue weighted by Crippen LogP contribution is 2.30. The fraction of sp³-hybridized carbons (Fsp3) is 0.417. The van der Waals surface area contributed by atoms with Gasteiger partial charge in [0.25, 0.3) is 5.91 Å². The molecule has 0 saturated heterocycles. The van der Waals surface area contributed by atoms with Crippen molar-refractivity contribution in [2.24, 2.45) is 11.1 Å². The number of thioether (sulfide) groups is 1. The highest BCUT2D eigenvalue weighted by Gasteiger charge is 2.22. The second-order valence-corrected chi connectivity index (χ2v) is 8.97. The molecule has 1 saturated carbocycles. The summed E-state index contributed by atoms with van der Waals surface area (Å²) < 4.78 is 5.54. The van der Waals surface area contributed by atoms with E-state index in [1.54, 1.807) is 11.8 Å². The second-order valence-electron chi connectivity index (χ2n) is 7.86. The smallest absolute Gasteiger partial charge is 0.265 e. The molecule has 3 aliphatic rings. The predicted octanol–water partition coefficient (Wildman–Crippen LogP) is 5.01. The first kappa shape index (κ1) is 20.8. The van der Waals surface area contributed by atoms with Crippen LogP contribution >= 0.6 is 11.8 Å². The molecule has 1 fully saturated rings. The molecule has 30 heavy (non-hydrogen) atoms. The number of amides is 1. The topological polar surface area (TPSA) is 59.9 Å². The molecule has 1 aliphatic heterocycles. The lowest BCUT2D eigenvalue weighted by Crippen LogP contribution is -2.27. The Bertz CT molecular complexity index is 924.